The van der Waals surface area contributed by atoms with E-state index in [-0.39, 0.29) is 11.9 Å². The van der Waals surface area contributed by atoms with E-state index in [0.717, 1.165) is 12.3 Å². The summed E-state index contributed by atoms with van der Waals surface area (Å²) in [4.78, 5) is 12.2. The summed E-state index contributed by atoms with van der Waals surface area (Å²) in [6, 6.07) is 0.469. The normalized spacial score (nSPS) is 34.2. The van der Waals surface area contributed by atoms with Crippen LogP contribution in [0.25, 0.3) is 0 Å². The number of aliphatic hydroxyl groups is 1. The van der Waals surface area contributed by atoms with Crippen LogP contribution in [-0.2, 0) is 4.79 Å². The Bertz CT molecular complexity index is 317. The van der Waals surface area contributed by atoms with Crippen LogP contribution in [0.2, 0.25) is 0 Å². The first-order valence-electron chi connectivity index (χ1n) is 7.78. The van der Waals surface area contributed by atoms with Crippen LogP contribution in [0.4, 0.5) is 0 Å². The SMILES string of the molecule is CCC(C)(O)CNC(=O)C1CCC2CCCCC2N1. The third-order valence-corrected chi connectivity index (χ3v) is 4.87. The molecule has 1 saturated heterocycles. The lowest BCUT2D eigenvalue weighted by atomic mass is 9.77. The Morgan fingerprint density at radius 2 is 2.05 bits per heavy atom. The smallest absolute Gasteiger partial charge is 0.237 e. The van der Waals surface area contributed by atoms with Crippen LogP contribution >= 0.6 is 0 Å². The molecule has 1 aliphatic heterocycles. The number of amides is 1. The molecule has 110 valence electrons. The van der Waals surface area contributed by atoms with Crippen molar-refractivity contribution in [3.8, 4) is 0 Å². The van der Waals surface area contributed by atoms with Gasteiger partial charge in [0.25, 0.3) is 0 Å². The fraction of sp³-hybridized carbons (Fsp3) is 0.933. The number of fused-ring (bicyclic) bond motifs is 1. The maximum atomic E-state index is 12.2. The van der Waals surface area contributed by atoms with E-state index in [2.05, 4.69) is 10.6 Å². The van der Waals surface area contributed by atoms with E-state index in [9.17, 15) is 9.90 Å². The van der Waals surface area contributed by atoms with Gasteiger partial charge in [0.1, 0.15) is 0 Å². The molecule has 0 aromatic heterocycles. The van der Waals surface area contributed by atoms with E-state index < -0.39 is 5.60 Å². The van der Waals surface area contributed by atoms with Gasteiger partial charge in [0, 0.05) is 12.6 Å². The number of carbonyl (C=O) groups is 1. The molecule has 2 fully saturated rings. The Morgan fingerprint density at radius 3 is 2.79 bits per heavy atom. The molecule has 4 atom stereocenters. The minimum Gasteiger partial charge on any atom is -0.388 e. The molecule has 2 rings (SSSR count). The predicted octanol–water partition coefficient (Wildman–Crippen LogP) is 1.57. The lowest BCUT2D eigenvalue weighted by Gasteiger charge is -2.40. The second-order valence-corrected chi connectivity index (χ2v) is 6.52. The van der Waals surface area contributed by atoms with Crippen LogP contribution in [0.3, 0.4) is 0 Å². The zero-order chi connectivity index (χ0) is 13.9. The van der Waals surface area contributed by atoms with E-state index in [0.29, 0.717) is 19.0 Å². The quantitative estimate of drug-likeness (QED) is 0.725. The first-order valence-corrected chi connectivity index (χ1v) is 7.78. The van der Waals surface area contributed by atoms with Crippen molar-refractivity contribution in [3.63, 3.8) is 0 Å². The average molecular weight is 268 g/mol. The highest BCUT2D eigenvalue weighted by Gasteiger charge is 2.34. The largest absolute Gasteiger partial charge is 0.388 e. The molecule has 0 radical (unpaired) electrons. The van der Waals surface area contributed by atoms with Crippen molar-refractivity contribution in [1.82, 2.24) is 10.6 Å². The van der Waals surface area contributed by atoms with Gasteiger partial charge in [-0.15, -0.1) is 0 Å². The van der Waals surface area contributed by atoms with Crippen molar-refractivity contribution in [3.05, 3.63) is 0 Å². The Labute approximate surface area is 116 Å². The number of nitrogens with one attached hydrogen (secondary N) is 2. The zero-order valence-corrected chi connectivity index (χ0v) is 12.2. The Kier molecular flexibility index (Phi) is 4.85. The molecule has 0 aromatic carbocycles. The first kappa shape index (κ1) is 14.8. The van der Waals surface area contributed by atoms with E-state index in [1.54, 1.807) is 6.92 Å². The van der Waals surface area contributed by atoms with Crippen LogP contribution in [0.1, 0.15) is 58.8 Å². The van der Waals surface area contributed by atoms with Gasteiger partial charge in [0.2, 0.25) is 5.91 Å². The molecule has 0 bridgehead atoms. The van der Waals surface area contributed by atoms with Crippen molar-refractivity contribution in [2.24, 2.45) is 5.92 Å². The lowest BCUT2D eigenvalue weighted by molar-refractivity contribution is -0.125. The van der Waals surface area contributed by atoms with Gasteiger partial charge in [0.05, 0.1) is 11.6 Å². The van der Waals surface area contributed by atoms with Crippen molar-refractivity contribution in [2.75, 3.05) is 6.54 Å². The summed E-state index contributed by atoms with van der Waals surface area (Å²) in [5.74, 6) is 0.828. The molecule has 4 nitrogen and oxygen atoms in total. The zero-order valence-electron chi connectivity index (χ0n) is 12.2. The minimum absolute atomic E-state index is 0.0535. The molecule has 4 heteroatoms. The minimum atomic E-state index is -0.794. The molecule has 0 aromatic rings. The van der Waals surface area contributed by atoms with Crippen LogP contribution in [0.5, 0.6) is 0 Å². The summed E-state index contributed by atoms with van der Waals surface area (Å²) >= 11 is 0. The Morgan fingerprint density at radius 1 is 1.32 bits per heavy atom. The van der Waals surface area contributed by atoms with Gasteiger partial charge >= 0.3 is 0 Å². The van der Waals surface area contributed by atoms with E-state index in [1.165, 1.54) is 32.1 Å². The van der Waals surface area contributed by atoms with E-state index in [1.807, 2.05) is 6.92 Å². The molecule has 1 aliphatic carbocycles. The van der Waals surface area contributed by atoms with Gasteiger partial charge in [-0.05, 0) is 44.9 Å². The molecule has 19 heavy (non-hydrogen) atoms. The molecule has 0 spiro atoms. The standard InChI is InChI=1S/C15H28N2O2/c1-3-15(2,19)10-16-14(18)13-9-8-11-6-4-5-7-12(11)17-13/h11-13,17,19H,3-10H2,1-2H3,(H,16,18). The number of hydrogen-bond donors (Lipinski definition) is 3. The monoisotopic (exact) mass is 268 g/mol. The lowest BCUT2D eigenvalue weighted by Crippen LogP contribution is -2.56. The molecule has 2 aliphatic rings. The van der Waals surface area contributed by atoms with Crippen LogP contribution < -0.4 is 10.6 Å². The van der Waals surface area contributed by atoms with E-state index >= 15 is 0 Å². The summed E-state index contributed by atoms with van der Waals surface area (Å²) < 4.78 is 0. The third-order valence-electron chi connectivity index (χ3n) is 4.87. The topological polar surface area (TPSA) is 61.4 Å². The average Bonchev–Trinajstić information content (AvgIpc) is 2.44. The number of piperidine rings is 1. The molecule has 1 saturated carbocycles. The van der Waals surface area contributed by atoms with Crippen molar-refractivity contribution < 1.29 is 9.90 Å². The second-order valence-electron chi connectivity index (χ2n) is 6.52. The van der Waals surface area contributed by atoms with Crippen molar-refractivity contribution >= 4 is 5.91 Å². The molecule has 1 amide bonds. The van der Waals surface area contributed by atoms with Crippen LogP contribution in [0.15, 0.2) is 0 Å². The van der Waals surface area contributed by atoms with Crippen LogP contribution in [-0.4, -0.2) is 35.2 Å². The van der Waals surface area contributed by atoms with E-state index in [4.69, 9.17) is 0 Å². The Hall–Kier alpha value is -0.610. The van der Waals surface area contributed by atoms with Gasteiger partial charge in [-0.25, -0.2) is 0 Å². The molecule has 4 unspecified atom stereocenters. The maximum absolute atomic E-state index is 12.2. The number of carbonyl (C=O) groups excluding carboxylic acids is 1. The fourth-order valence-corrected chi connectivity index (χ4v) is 3.23. The summed E-state index contributed by atoms with van der Waals surface area (Å²) in [6.45, 7) is 4.03. The molecule has 1 heterocycles. The summed E-state index contributed by atoms with van der Waals surface area (Å²) in [7, 11) is 0. The number of hydrogen-bond acceptors (Lipinski definition) is 3. The Balaban J connectivity index is 1.80. The van der Waals surface area contributed by atoms with Crippen LogP contribution in [0, 0.1) is 5.92 Å². The first-order chi connectivity index (χ1) is 9.02. The van der Waals surface area contributed by atoms with Gasteiger partial charge in [0.15, 0.2) is 0 Å². The summed E-state index contributed by atoms with van der Waals surface area (Å²) in [5, 5.41) is 16.3. The summed E-state index contributed by atoms with van der Waals surface area (Å²) in [6.07, 6.45) is 7.90. The highest BCUT2D eigenvalue weighted by molar-refractivity contribution is 5.81. The summed E-state index contributed by atoms with van der Waals surface area (Å²) in [5.41, 5.74) is -0.794. The van der Waals surface area contributed by atoms with Crippen molar-refractivity contribution in [2.45, 2.75) is 76.5 Å². The van der Waals surface area contributed by atoms with Crippen molar-refractivity contribution in [1.29, 1.82) is 0 Å². The van der Waals surface area contributed by atoms with Gasteiger partial charge in [-0.2, -0.15) is 0 Å². The molecule has 3 N–H and O–H groups in total. The highest BCUT2D eigenvalue weighted by atomic mass is 16.3. The number of rotatable bonds is 4. The third kappa shape index (κ3) is 3.93. The van der Waals surface area contributed by atoms with Gasteiger partial charge in [-0.1, -0.05) is 19.8 Å². The fourth-order valence-electron chi connectivity index (χ4n) is 3.23. The second kappa shape index (κ2) is 6.23. The maximum Gasteiger partial charge on any atom is 0.237 e. The molecular weight excluding hydrogens is 240 g/mol. The van der Waals surface area contributed by atoms with Gasteiger partial charge < -0.3 is 15.7 Å². The predicted molar refractivity (Wildman–Crippen MR) is 75.8 cm³/mol. The highest BCUT2D eigenvalue weighted by Crippen LogP contribution is 2.32. The van der Waals surface area contributed by atoms with Gasteiger partial charge in [-0.3, -0.25) is 4.79 Å². The molecular formula is C15H28N2O2.